The number of amides is 1. The van der Waals surface area contributed by atoms with Gasteiger partial charge in [0.15, 0.2) is 12.4 Å². The highest BCUT2D eigenvalue weighted by Gasteiger charge is 2.07. The first-order valence-corrected chi connectivity index (χ1v) is 5.44. The van der Waals surface area contributed by atoms with Crippen molar-refractivity contribution in [2.75, 3.05) is 11.9 Å². The number of pyridine rings is 1. The zero-order chi connectivity index (χ0) is 13.7. The normalized spacial score (nSPS) is 10.0. The topological polar surface area (TPSA) is 51.2 Å². The molecular formula is C13H10F2N2O2. The number of carbonyl (C=O) groups excluding carboxylic acids is 1. The first-order valence-electron chi connectivity index (χ1n) is 5.44. The molecule has 0 saturated carbocycles. The van der Waals surface area contributed by atoms with Crippen molar-refractivity contribution in [3.63, 3.8) is 0 Å². The predicted molar refractivity (Wildman–Crippen MR) is 64.7 cm³/mol. The Kier molecular flexibility index (Phi) is 4.02. The predicted octanol–water partition coefficient (Wildman–Crippen LogP) is 2.38. The van der Waals surface area contributed by atoms with E-state index in [1.807, 2.05) is 0 Å². The molecule has 0 fully saturated rings. The molecule has 1 heterocycles. The van der Waals surface area contributed by atoms with Gasteiger partial charge in [0.05, 0.1) is 0 Å². The summed E-state index contributed by atoms with van der Waals surface area (Å²) in [6.07, 6.45) is 1.27. The van der Waals surface area contributed by atoms with E-state index in [9.17, 15) is 13.6 Å². The Labute approximate surface area is 108 Å². The highest BCUT2D eigenvalue weighted by Crippen LogP contribution is 2.13. The molecule has 4 nitrogen and oxygen atoms in total. The summed E-state index contributed by atoms with van der Waals surface area (Å²) in [5.41, 5.74) is 0.306. The van der Waals surface area contributed by atoms with Gasteiger partial charge < -0.3 is 10.1 Å². The van der Waals surface area contributed by atoms with Crippen molar-refractivity contribution in [2.24, 2.45) is 0 Å². The molecule has 0 unspecified atom stereocenters. The number of nitrogens with zero attached hydrogens (tertiary/aromatic N) is 1. The second kappa shape index (κ2) is 5.90. The van der Waals surface area contributed by atoms with Gasteiger partial charge in [-0.15, -0.1) is 0 Å². The Bertz CT molecular complexity index is 590. The van der Waals surface area contributed by atoms with E-state index in [4.69, 9.17) is 4.74 Å². The summed E-state index contributed by atoms with van der Waals surface area (Å²) in [7, 11) is 0. The number of nitrogens with one attached hydrogen (secondary N) is 1. The third kappa shape index (κ3) is 3.74. The smallest absolute Gasteiger partial charge is 0.262 e. The van der Waals surface area contributed by atoms with Crippen molar-refractivity contribution < 1.29 is 18.3 Å². The van der Waals surface area contributed by atoms with Crippen LogP contribution in [-0.4, -0.2) is 17.5 Å². The molecule has 2 rings (SSSR count). The van der Waals surface area contributed by atoms with Gasteiger partial charge >= 0.3 is 0 Å². The molecule has 0 atom stereocenters. The fourth-order valence-corrected chi connectivity index (χ4v) is 1.39. The van der Waals surface area contributed by atoms with Crippen LogP contribution in [0.1, 0.15) is 0 Å². The molecule has 0 aliphatic heterocycles. The maximum Gasteiger partial charge on any atom is 0.262 e. The highest BCUT2D eigenvalue weighted by molar-refractivity contribution is 5.91. The maximum atomic E-state index is 13.1. The molecule has 0 aliphatic rings. The molecule has 1 aromatic carbocycles. The van der Waals surface area contributed by atoms with Crippen LogP contribution in [0.2, 0.25) is 0 Å². The lowest BCUT2D eigenvalue weighted by molar-refractivity contribution is -0.118. The minimum absolute atomic E-state index is 0.114. The molecule has 1 amide bonds. The van der Waals surface area contributed by atoms with E-state index >= 15 is 0 Å². The van der Waals surface area contributed by atoms with Gasteiger partial charge in [-0.1, -0.05) is 6.07 Å². The van der Waals surface area contributed by atoms with Gasteiger partial charge in [0.25, 0.3) is 11.9 Å². The Morgan fingerprint density at radius 3 is 2.84 bits per heavy atom. The summed E-state index contributed by atoms with van der Waals surface area (Å²) in [6.45, 7) is -0.390. The monoisotopic (exact) mass is 264 g/mol. The number of benzene rings is 1. The van der Waals surface area contributed by atoms with Gasteiger partial charge in [0, 0.05) is 11.9 Å². The highest BCUT2D eigenvalue weighted by atomic mass is 19.1. The van der Waals surface area contributed by atoms with Crippen LogP contribution in [0.25, 0.3) is 0 Å². The summed E-state index contributed by atoms with van der Waals surface area (Å²) in [5.74, 6) is -1.89. The fraction of sp³-hybridized carbons (Fsp3) is 0.0769. The molecule has 1 N–H and O–H groups in total. The van der Waals surface area contributed by atoms with E-state index in [0.29, 0.717) is 5.69 Å². The molecule has 19 heavy (non-hydrogen) atoms. The van der Waals surface area contributed by atoms with E-state index in [2.05, 4.69) is 10.3 Å². The number of carbonyl (C=O) groups is 1. The first-order chi connectivity index (χ1) is 9.15. The first kappa shape index (κ1) is 12.9. The van der Waals surface area contributed by atoms with E-state index in [-0.39, 0.29) is 12.4 Å². The lowest BCUT2D eigenvalue weighted by atomic mass is 10.3. The van der Waals surface area contributed by atoms with Crippen LogP contribution in [0, 0.1) is 11.8 Å². The zero-order valence-corrected chi connectivity index (χ0v) is 9.77. The van der Waals surface area contributed by atoms with Crippen LogP contribution in [0.4, 0.5) is 14.5 Å². The average Bonchev–Trinajstić information content (AvgIpc) is 2.38. The van der Waals surface area contributed by atoms with Crippen LogP contribution in [-0.2, 0) is 4.79 Å². The minimum atomic E-state index is -0.791. The van der Waals surface area contributed by atoms with Gasteiger partial charge in [0.2, 0.25) is 0 Å². The van der Waals surface area contributed by atoms with Gasteiger partial charge in [-0.05, 0) is 30.3 Å². The molecule has 1 aromatic heterocycles. The molecule has 0 saturated heterocycles. The minimum Gasteiger partial charge on any atom is -0.479 e. The van der Waals surface area contributed by atoms with Crippen LogP contribution in [0.3, 0.4) is 0 Å². The second-order valence-corrected chi connectivity index (χ2v) is 3.64. The Hall–Kier alpha value is -2.50. The second-order valence-electron chi connectivity index (χ2n) is 3.64. The molecule has 0 bridgehead atoms. The van der Waals surface area contributed by atoms with Crippen LogP contribution in [0.5, 0.6) is 5.75 Å². The van der Waals surface area contributed by atoms with Crippen molar-refractivity contribution in [3.8, 4) is 5.75 Å². The van der Waals surface area contributed by atoms with Crippen LogP contribution < -0.4 is 10.1 Å². The largest absolute Gasteiger partial charge is 0.479 e. The SMILES string of the molecule is O=C(COc1cccnc1F)Nc1cccc(F)c1. The summed E-state index contributed by atoms with van der Waals surface area (Å²) in [4.78, 5) is 14.9. The average molecular weight is 264 g/mol. The number of hydrogen-bond acceptors (Lipinski definition) is 3. The van der Waals surface area contributed by atoms with Crippen LogP contribution >= 0.6 is 0 Å². The van der Waals surface area contributed by atoms with Crippen LogP contribution in [0.15, 0.2) is 42.6 Å². The van der Waals surface area contributed by atoms with Crippen molar-refractivity contribution in [2.45, 2.75) is 0 Å². The van der Waals surface area contributed by atoms with E-state index in [1.54, 1.807) is 0 Å². The molecule has 98 valence electrons. The summed E-state index contributed by atoms with van der Waals surface area (Å²) >= 11 is 0. The summed E-state index contributed by atoms with van der Waals surface area (Å²) in [6, 6.07) is 8.28. The number of ether oxygens (including phenoxy) is 1. The Balaban J connectivity index is 1.90. The molecule has 0 aliphatic carbocycles. The number of halogens is 2. The third-order valence-corrected chi connectivity index (χ3v) is 2.19. The van der Waals surface area contributed by atoms with Crippen molar-refractivity contribution in [3.05, 3.63) is 54.4 Å². The lowest BCUT2D eigenvalue weighted by Gasteiger charge is -2.07. The summed E-state index contributed by atoms with van der Waals surface area (Å²) in [5, 5.41) is 2.43. The molecule has 2 aromatic rings. The quantitative estimate of drug-likeness (QED) is 0.862. The van der Waals surface area contributed by atoms with Crippen molar-refractivity contribution in [1.82, 2.24) is 4.98 Å². The number of anilines is 1. The molecule has 0 spiro atoms. The van der Waals surface area contributed by atoms with E-state index in [1.165, 1.54) is 42.6 Å². The molecule has 0 radical (unpaired) electrons. The lowest BCUT2D eigenvalue weighted by Crippen LogP contribution is -2.20. The molecule has 6 heteroatoms. The Morgan fingerprint density at radius 2 is 2.11 bits per heavy atom. The number of aromatic nitrogens is 1. The molecular weight excluding hydrogens is 254 g/mol. The third-order valence-electron chi connectivity index (χ3n) is 2.19. The standard InChI is InChI=1S/C13H10F2N2O2/c14-9-3-1-4-10(7-9)17-12(18)8-19-11-5-2-6-16-13(11)15/h1-7H,8H2,(H,17,18). The van der Waals surface area contributed by atoms with Crippen molar-refractivity contribution >= 4 is 11.6 Å². The Morgan fingerprint density at radius 1 is 1.26 bits per heavy atom. The number of hydrogen-bond donors (Lipinski definition) is 1. The van der Waals surface area contributed by atoms with Gasteiger partial charge in [0.1, 0.15) is 5.82 Å². The van der Waals surface area contributed by atoms with Gasteiger partial charge in [-0.3, -0.25) is 4.79 Å². The van der Waals surface area contributed by atoms with E-state index < -0.39 is 17.7 Å². The summed E-state index contributed by atoms with van der Waals surface area (Å²) < 4.78 is 30.9. The van der Waals surface area contributed by atoms with E-state index in [0.717, 1.165) is 0 Å². The number of rotatable bonds is 4. The maximum absolute atomic E-state index is 13.1. The zero-order valence-electron chi connectivity index (χ0n) is 9.77. The fourth-order valence-electron chi connectivity index (χ4n) is 1.39. The van der Waals surface area contributed by atoms with Gasteiger partial charge in [-0.2, -0.15) is 4.39 Å². The van der Waals surface area contributed by atoms with Gasteiger partial charge in [-0.25, -0.2) is 9.37 Å². The van der Waals surface area contributed by atoms with Crippen molar-refractivity contribution in [1.29, 1.82) is 0 Å².